The molecule has 0 atom stereocenters. The first-order valence-corrected chi connectivity index (χ1v) is 6.31. The molecule has 2 heterocycles. The van der Waals surface area contributed by atoms with Crippen molar-refractivity contribution in [2.45, 2.75) is 13.5 Å². The Morgan fingerprint density at radius 2 is 2.00 bits per heavy atom. The molecule has 96 valence electrons. The Morgan fingerprint density at radius 1 is 1.16 bits per heavy atom. The largest absolute Gasteiger partial charge is 0.350 e. The van der Waals surface area contributed by atoms with Crippen LogP contribution in [0, 0.1) is 6.92 Å². The van der Waals surface area contributed by atoms with E-state index in [1.807, 2.05) is 37.5 Å². The van der Waals surface area contributed by atoms with Crippen LogP contribution in [0.1, 0.15) is 11.3 Å². The van der Waals surface area contributed by atoms with Gasteiger partial charge in [0.1, 0.15) is 0 Å². The predicted octanol–water partition coefficient (Wildman–Crippen LogP) is 2.89. The molecule has 19 heavy (non-hydrogen) atoms. The van der Waals surface area contributed by atoms with Crippen molar-refractivity contribution in [3.05, 3.63) is 53.9 Å². The van der Waals surface area contributed by atoms with E-state index < -0.39 is 0 Å². The second kappa shape index (κ2) is 4.72. The fourth-order valence-corrected chi connectivity index (χ4v) is 2.17. The van der Waals surface area contributed by atoms with Crippen LogP contribution in [-0.4, -0.2) is 14.5 Å². The minimum absolute atomic E-state index is 0.684. The molecule has 1 aromatic carbocycles. The summed E-state index contributed by atoms with van der Waals surface area (Å²) in [7, 11) is 2.02. The van der Waals surface area contributed by atoms with E-state index in [2.05, 4.69) is 38.9 Å². The summed E-state index contributed by atoms with van der Waals surface area (Å²) in [5.41, 5.74) is 4.37. The fourth-order valence-electron chi connectivity index (χ4n) is 2.17. The van der Waals surface area contributed by atoms with Crippen LogP contribution >= 0.6 is 0 Å². The van der Waals surface area contributed by atoms with E-state index in [1.54, 1.807) is 0 Å². The monoisotopic (exact) mass is 252 g/mol. The van der Waals surface area contributed by atoms with Gasteiger partial charge in [-0.15, -0.1) is 0 Å². The van der Waals surface area contributed by atoms with Crippen molar-refractivity contribution in [2.24, 2.45) is 7.05 Å². The van der Waals surface area contributed by atoms with Crippen molar-refractivity contribution in [1.82, 2.24) is 14.5 Å². The quantitative estimate of drug-likeness (QED) is 0.779. The molecule has 4 nitrogen and oxygen atoms in total. The van der Waals surface area contributed by atoms with Crippen molar-refractivity contribution in [3.8, 4) is 0 Å². The summed E-state index contributed by atoms with van der Waals surface area (Å²) in [6.45, 7) is 2.75. The minimum atomic E-state index is 0.684. The molecule has 0 aliphatic heterocycles. The zero-order chi connectivity index (χ0) is 13.2. The topological polar surface area (TPSA) is 42.7 Å². The predicted molar refractivity (Wildman–Crippen MR) is 77.0 cm³/mol. The van der Waals surface area contributed by atoms with E-state index in [-0.39, 0.29) is 0 Å². The summed E-state index contributed by atoms with van der Waals surface area (Å²) >= 11 is 0. The van der Waals surface area contributed by atoms with Crippen molar-refractivity contribution >= 4 is 17.0 Å². The van der Waals surface area contributed by atoms with Crippen LogP contribution in [0.4, 0.5) is 5.95 Å². The second-order valence-electron chi connectivity index (χ2n) is 4.60. The first kappa shape index (κ1) is 11.7. The molecular weight excluding hydrogens is 236 g/mol. The van der Waals surface area contributed by atoms with Gasteiger partial charge < -0.3 is 9.88 Å². The summed E-state index contributed by atoms with van der Waals surface area (Å²) in [5.74, 6) is 0.867. The molecule has 0 radical (unpaired) electrons. The van der Waals surface area contributed by atoms with Gasteiger partial charge in [0.15, 0.2) is 0 Å². The fraction of sp³-hybridized carbons (Fsp3) is 0.200. The van der Waals surface area contributed by atoms with E-state index in [1.165, 1.54) is 5.56 Å². The second-order valence-corrected chi connectivity index (χ2v) is 4.60. The Hall–Kier alpha value is -2.36. The van der Waals surface area contributed by atoms with Gasteiger partial charge in [0.25, 0.3) is 0 Å². The van der Waals surface area contributed by atoms with Crippen LogP contribution in [0.15, 0.2) is 42.6 Å². The van der Waals surface area contributed by atoms with E-state index in [4.69, 9.17) is 0 Å². The molecule has 0 unspecified atom stereocenters. The van der Waals surface area contributed by atoms with E-state index in [0.717, 1.165) is 22.7 Å². The van der Waals surface area contributed by atoms with Gasteiger partial charge in [0, 0.05) is 13.2 Å². The maximum atomic E-state index is 4.58. The zero-order valence-electron chi connectivity index (χ0n) is 11.1. The standard InChI is InChI=1S/C15H16N4/c1-11-6-5-9-16-13(11)10-17-15-18-12-7-3-4-8-14(12)19(15)2/h3-9H,10H2,1-2H3,(H,17,18). The lowest BCUT2D eigenvalue weighted by Gasteiger charge is -2.07. The molecular formula is C15H16N4. The number of pyridine rings is 1. The van der Waals surface area contributed by atoms with Crippen molar-refractivity contribution in [1.29, 1.82) is 0 Å². The molecule has 1 N–H and O–H groups in total. The van der Waals surface area contributed by atoms with Crippen LogP contribution in [0.5, 0.6) is 0 Å². The number of fused-ring (bicyclic) bond motifs is 1. The smallest absolute Gasteiger partial charge is 0.203 e. The van der Waals surface area contributed by atoms with Gasteiger partial charge in [-0.05, 0) is 30.7 Å². The highest BCUT2D eigenvalue weighted by molar-refractivity contribution is 5.78. The molecule has 0 saturated heterocycles. The molecule has 0 aliphatic carbocycles. The third-order valence-electron chi connectivity index (χ3n) is 3.32. The maximum absolute atomic E-state index is 4.58. The number of aryl methyl sites for hydroxylation is 2. The summed E-state index contributed by atoms with van der Waals surface area (Å²) in [6.07, 6.45) is 1.82. The third-order valence-corrected chi connectivity index (χ3v) is 3.32. The molecule has 0 saturated carbocycles. The average Bonchev–Trinajstić information content (AvgIpc) is 2.75. The van der Waals surface area contributed by atoms with Gasteiger partial charge in [-0.3, -0.25) is 4.98 Å². The van der Waals surface area contributed by atoms with Crippen molar-refractivity contribution in [2.75, 3.05) is 5.32 Å². The lowest BCUT2D eigenvalue weighted by molar-refractivity contribution is 0.911. The van der Waals surface area contributed by atoms with Gasteiger partial charge in [-0.2, -0.15) is 0 Å². The number of hydrogen-bond donors (Lipinski definition) is 1. The number of nitrogens with one attached hydrogen (secondary N) is 1. The first-order chi connectivity index (χ1) is 9.25. The number of rotatable bonds is 3. The number of nitrogens with zero attached hydrogens (tertiary/aromatic N) is 3. The van der Waals surface area contributed by atoms with Crippen LogP contribution in [0.2, 0.25) is 0 Å². The number of imidazole rings is 1. The SMILES string of the molecule is Cc1cccnc1CNc1nc2ccccc2n1C. The molecule has 0 aliphatic rings. The van der Waals surface area contributed by atoms with Gasteiger partial charge in [-0.1, -0.05) is 18.2 Å². The Balaban J connectivity index is 1.86. The highest BCUT2D eigenvalue weighted by Crippen LogP contribution is 2.18. The van der Waals surface area contributed by atoms with Gasteiger partial charge in [0.2, 0.25) is 5.95 Å². The first-order valence-electron chi connectivity index (χ1n) is 6.31. The van der Waals surface area contributed by atoms with Crippen molar-refractivity contribution < 1.29 is 0 Å². The van der Waals surface area contributed by atoms with Crippen LogP contribution in [0.25, 0.3) is 11.0 Å². The highest BCUT2D eigenvalue weighted by Gasteiger charge is 2.07. The van der Waals surface area contributed by atoms with Gasteiger partial charge >= 0.3 is 0 Å². The maximum Gasteiger partial charge on any atom is 0.203 e. The molecule has 3 rings (SSSR count). The Bertz CT molecular complexity index is 715. The number of para-hydroxylation sites is 2. The molecule has 0 amide bonds. The summed E-state index contributed by atoms with van der Waals surface area (Å²) < 4.78 is 2.06. The van der Waals surface area contributed by atoms with Gasteiger partial charge in [-0.25, -0.2) is 4.98 Å². The minimum Gasteiger partial charge on any atom is -0.350 e. The Kier molecular flexibility index (Phi) is 2.91. The normalized spacial score (nSPS) is 10.8. The van der Waals surface area contributed by atoms with E-state index in [9.17, 15) is 0 Å². The summed E-state index contributed by atoms with van der Waals surface area (Å²) in [4.78, 5) is 8.96. The molecule has 0 fully saturated rings. The van der Waals surface area contributed by atoms with Crippen LogP contribution < -0.4 is 5.32 Å². The van der Waals surface area contributed by atoms with Crippen LogP contribution in [-0.2, 0) is 13.6 Å². The number of anilines is 1. The highest BCUT2D eigenvalue weighted by atomic mass is 15.2. The Morgan fingerprint density at radius 3 is 2.79 bits per heavy atom. The lowest BCUT2D eigenvalue weighted by Crippen LogP contribution is -2.07. The van der Waals surface area contributed by atoms with Gasteiger partial charge in [0.05, 0.1) is 23.3 Å². The lowest BCUT2D eigenvalue weighted by atomic mass is 10.2. The van der Waals surface area contributed by atoms with E-state index >= 15 is 0 Å². The summed E-state index contributed by atoms with van der Waals surface area (Å²) in [6, 6.07) is 12.1. The molecule has 3 aromatic rings. The number of aromatic nitrogens is 3. The zero-order valence-corrected chi connectivity index (χ0v) is 11.1. The van der Waals surface area contributed by atoms with E-state index in [0.29, 0.717) is 6.54 Å². The molecule has 4 heteroatoms. The van der Waals surface area contributed by atoms with Crippen LogP contribution in [0.3, 0.4) is 0 Å². The molecule has 0 spiro atoms. The summed E-state index contributed by atoms with van der Waals surface area (Å²) in [5, 5.41) is 3.35. The number of benzene rings is 1. The average molecular weight is 252 g/mol. The molecule has 2 aromatic heterocycles. The molecule has 0 bridgehead atoms. The Labute approximate surface area is 112 Å². The number of hydrogen-bond acceptors (Lipinski definition) is 3. The van der Waals surface area contributed by atoms with Crippen molar-refractivity contribution in [3.63, 3.8) is 0 Å². The third kappa shape index (κ3) is 2.17.